The average Bonchev–Trinajstić information content (AvgIpc) is 3.44. The van der Waals surface area contributed by atoms with Crippen LogP contribution >= 0.6 is 0 Å². The summed E-state index contributed by atoms with van der Waals surface area (Å²) < 4.78 is 17.4. The number of carbonyl (C=O) groups is 2. The van der Waals surface area contributed by atoms with E-state index in [0.29, 0.717) is 41.6 Å². The van der Waals surface area contributed by atoms with E-state index >= 15 is 0 Å². The number of methoxy groups -OCH3 is 1. The van der Waals surface area contributed by atoms with E-state index in [0.717, 1.165) is 23.3 Å². The van der Waals surface area contributed by atoms with Gasteiger partial charge < -0.3 is 24.2 Å². The van der Waals surface area contributed by atoms with Crippen molar-refractivity contribution >= 4 is 17.4 Å². The van der Waals surface area contributed by atoms with Crippen LogP contribution in [0.5, 0.6) is 17.2 Å². The molecule has 208 valence electrons. The normalized spacial score (nSPS) is 19.6. The maximum atomic E-state index is 13.5. The van der Waals surface area contributed by atoms with Crippen molar-refractivity contribution in [3.63, 3.8) is 0 Å². The molecule has 3 aromatic carbocycles. The number of hydrogen-bond donors (Lipinski definition) is 1. The number of nitrogens with zero attached hydrogens (tertiary/aromatic N) is 1. The maximum Gasteiger partial charge on any atom is 0.295 e. The van der Waals surface area contributed by atoms with E-state index < -0.39 is 17.7 Å². The van der Waals surface area contributed by atoms with Gasteiger partial charge in [0.1, 0.15) is 17.6 Å². The molecule has 2 atom stereocenters. The highest BCUT2D eigenvalue weighted by Gasteiger charge is 2.46. The standard InChI is InChI=1S/C33H35NO6/c1-20(2)14-15-39-27-13-10-23(18-28(27)38-4)30-29(31(35)24-11-12-26-25(17-24)16-21(3)40-26)32(36)33(37)34(30)19-22-8-6-5-7-9-22/h5-13,17-18,20-21,30,35H,14-16,19H2,1-4H3/t21-,30-/m0/s1. The molecule has 2 aliphatic heterocycles. The number of amides is 1. The van der Waals surface area contributed by atoms with Crippen molar-refractivity contribution in [2.75, 3.05) is 13.7 Å². The molecule has 0 aromatic heterocycles. The number of ketones is 1. The van der Waals surface area contributed by atoms with Crippen LogP contribution < -0.4 is 14.2 Å². The van der Waals surface area contributed by atoms with Crippen molar-refractivity contribution in [3.8, 4) is 17.2 Å². The predicted octanol–water partition coefficient (Wildman–Crippen LogP) is 6.07. The van der Waals surface area contributed by atoms with E-state index in [9.17, 15) is 14.7 Å². The smallest absolute Gasteiger partial charge is 0.295 e. The van der Waals surface area contributed by atoms with Gasteiger partial charge >= 0.3 is 0 Å². The molecule has 40 heavy (non-hydrogen) atoms. The maximum absolute atomic E-state index is 13.5. The van der Waals surface area contributed by atoms with Crippen molar-refractivity contribution in [1.82, 2.24) is 4.90 Å². The zero-order chi connectivity index (χ0) is 28.4. The lowest BCUT2D eigenvalue weighted by molar-refractivity contribution is -0.140. The average molecular weight is 542 g/mol. The van der Waals surface area contributed by atoms with Gasteiger partial charge in [-0.1, -0.05) is 50.2 Å². The quantitative estimate of drug-likeness (QED) is 0.201. The van der Waals surface area contributed by atoms with Crippen LogP contribution in [0.2, 0.25) is 0 Å². The molecule has 1 amide bonds. The Balaban J connectivity index is 1.59. The molecule has 1 fully saturated rings. The largest absolute Gasteiger partial charge is 0.507 e. The highest BCUT2D eigenvalue weighted by atomic mass is 16.5. The molecule has 2 heterocycles. The van der Waals surface area contributed by atoms with Crippen LogP contribution in [-0.2, 0) is 22.6 Å². The van der Waals surface area contributed by atoms with Crippen LogP contribution in [0, 0.1) is 5.92 Å². The molecule has 5 rings (SSSR count). The van der Waals surface area contributed by atoms with E-state index in [1.807, 2.05) is 49.4 Å². The summed E-state index contributed by atoms with van der Waals surface area (Å²) >= 11 is 0. The van der Waals surface area contributed by atoms with Crippen molar-refractivity contribution in [2.24, 2.45) is 5.92 Å². The van der Waals surface area contributed by atoms with Crippen molar-refractivity contribution in [3.05, 3.63) is 94.6 Å². The summed E-state index contributed by atoms with van der Waals surface area (Å²) in [6.45, 7) is 7.00. The van der Waals surface area contributed by atoms with Crippen LogP contribution in [0.3, 0.4) is 0 Å². The van der Waals surface area contributed by atoms with E-state index in [1.165, 1.54) is 4.90 Å². The number of benzene rings is 3. The summed E-state index contributed by atoms with van der Waals surface area (Å²) in [7, 11) is 1.56. The summed E-state index contributed by atoms with van der Waals surface area (Å²) in [5, 5.41) is 11.6. The fraction of sp³-hybridized carbons (Fsp3) is 0.333. The van der Waals surface area contributed by atoms with Gasteiger partial charge in [0.25, 0.3) is 11.7 Å². The number of carbonyl (C=O) groups excluding carboxylic acids is 2. The Bertz CT molecular complexity index is 1440. The summed E-state index contributed by atoms with van der Waals surface area (Å²) in [6, 6.07) is 19.4. The van der Waals surface area contributed by atoms with E-state index in [1.54, 1.807) is 31.4 Å². The monoisotopic (exact) mass is 541 g/mol. The highest BCUT2D eigenvalue weighted by Crippen LogP contribution is 2.43. The van der Waals surface area contributed by atoms with Gasteiger partial charge in [0.15, 0.2) is 11.5 Å². The fourth-order valence-corrected chi connectivity index (χ4v) is 5.27. The van der Waals surface area contributed by atoms with Crippen molar-refractivity contribution < 1.29 is 28.9 Å². The number of likely N-dealkylation sites (tertiary alicyclic amines) is 1. The molecule has 1 N–H and O–H groups in total. The van der Waals surface area contributed by atoms with Gasteiger partial charge in [-0.15, -0.1) is 0 Å². The minimum absolute atomic E-state index is 0.0394. The van der Waals surface area contributed by atoms with E-state index in [-0.39, 0.29) is 24.0 Å². The third kappa shape index (κ3) is 5.41. The summed E-state index contributed by atoms with van der Waals surface area (Å²) in [5.41, 5.74) is 2.99. The second-order valence-corrected chi connectivity index (χ2v) is 10.8. The van der Waals surface area contributed by atoms with Gasteiger partial charge in [-0.2, -0.15) is 0 Å². The molecule has 0 saturated carbocycles. The molecular weight excluding hydrogens is 506 g/mol. The van der Waals surface area contributed by atoms with Crippen LogP contribution in [0.25, 0.3) is 5.76 Å². The lowest BCUT2D eigenvalue weighted by atomic mass is 9.94. The highest BCUT2D eigenvalue weighted by molar-refractivity contribution is 6.46. The Morgan fingerprint density at radius 2 is 1.82 bits per heavy atom. The van der Waals surface area contributed by atoms with Gasteiger partial charge in [-0.3, -0.25) is 9.59 Å². The third-order valence-corrected chi connectivity index (χ3v) is 7.36. The van der Waals surface area contributed by atoms with E-state index in [2.05, 4.69) is 13.8 Å². The fourth-order valence-electron chi connectivity index (χ4n) is 5.27. The van der Waals surface area contributed by atoms with Gasteiger partial charge in [-0.25, -0.2) is 0 Å². The third-order valence-electron chi connectivity index (χ3n) is 7.36. The first kappa shape index (κ1) is 27.3. The molecule has 0 unspecified atom stereocenters. The summed E-state index contributed by atoms with van der Waals surface area (Å²) in [5.74, 6) is 0.747. The zero-order valence-corrected chi connectivity index (χ0v) is 23.3. The Hall–Kier alpha value is -4.26. The number of aliphatic hydroxyl groups excluding tert-OH is 1. The molecule has 0 radical (unpaired) electrons. The number of Topliss-reactive ketones (excluding diaryl/α,β-unsaturated/α-hetero) is 1. The zero-order valence-electron chi connectivity index (χ0n) is 23.3. The van der Waals surface area contributed by atoms with Crippen LogP contribution in [0.15, 0.2) is 72.3 Å². The first-order valence-electron chi connectivity index (χ1n) is 13.7. The lowest BCUT2D eigenvalue weighted by Crippen LogP contribution is -2.29. The molecule has 2 aliphatic rings. The number of rotatable bonds is 9. The predicted molar refractivity (Wildman–Crippen MR) is 152 cm³/mol. The van der Waals surface area contributed by atoms with Crippen LogP contribution in [-0.4, -0.2) is 41.5 Å². The van der Waals surface area contributed by atoms with Gasteiger partial charge in [0.2, 0.25) is 0 Å². The Morgan fingerprint density at radius 1 is 1.05 bits per heavy atom. The van der Waals surface area contributed by atoms with Gasteiger partial charge in [-0.05, 0) is 66.3 Å². The number of aliphatic hydroxyl groups is 1. The molecule has 0 spiro atoms. The van der Waals surface area contributed by atoms with Gasteiger partial charge in [0, 0.05) is 18.5 Å². The summed E-state index contributed by atoms with van der Waals surface area (Å²) in [6.07, 6.45) is 1.64. The molecule has 7 nitrogen and oxygen atoms in total. The van der Waals surface area contributed by atoms with E-state index in [4.69, 9.17) is 14.2 Å². The van der Waals surface area contributed by atoms with Crippen molar-refractivity contribution in [2.45, 2.75) is 52.3 Å². The molecule has 7 heteroatoms. The molecule has 0 aliphatic carbocycles. The topological polar surface area (TPSA) is 85.3 Å². The number of ether oxygens (including phenoxy) is 3. The van der Waals surface area contributed by atoms with Crippen molar-refractivity contribution in [1.29, 1.82) is 0 Å². The van der Waals surface area contributed by atoms with Crippen LogP contribution in [0.4, 0.5) is 0 Å². The summed E-state index contributed by atoms with van der Waals surface area (Å²) in [4.78, 5) is 28.5. The number of fused-ring (bicyclic) bond motifs is 1. The minimum atomic E-state index is -0.817. The Morgan fingerprint density at radius 3 is 2.55 bits per heavy atom. The van der Waals surface area contributed by atoms with Gasteiger partial charge in [0.05, 0.1) is 25.3 Å². The molecule has 0 bridgehead atoms. The minimum Gasteiger partial charge on any atom is -0.507 e. The molecular formula is C33H35NO6. The SMILES string of the molecule is COc1cc([C@H]2C(=C(O)c3ccc4c(c3)C[C@H](C)O4)C(=O)C(=O)N2Cc2ccccc2)ccc1OCCC(C)C. The first-order valence-corrected chi connectivity index (χ1v) is 13.7. The molecule has 3 aromatic rings. The molecule has 1 saturated heterocycles. The lowest BCUT2D eigenvalue weighted by Gasteiger charge is -2.26. The second kappa shape index (κ2) is 11.5. The Labute approximate surface area is 235 Å². The first-order chi connectivity index (χ1) is 19.3. The van der Waals surface area contributed by atoms with Crippen LogP contribution in [0.1, 0.15) is 55.5 Å². The Kier molecular flexibility index (Phi) is 7.83. The number of hydrogen-bond acceptors (Lipinski definition) is 6. The second-order valence-electron chi connectivity index (χ2n) is 10.8.